The Balaban J connectivity index is 1.91. The molecule has 1 aromatic heterocycles. The summed E-state index contributed by atoms with van der Waals surface area (Å²) >= 11 is 1.33. The fourth-order valence-electron chi connectivity index (χ4n) is 2.51. The molecule has 0 spiro atoms. The van der Waals surface area contributed by atoms with E-state index in [9.17, 15) is 4.79 Å². The van der Waals surface area contributed by atoms with Gasteiger partial charge in [0.25, 0.3) is 5.91 Å². The van der Waals surface area contributed by atoms with Crippen LogP contribution in [0.5, 0.6) is 11.5 Å². The van der Waals surface area contributed by atoms with Gasteiger partial charge >= 0.3 is 0 Å². The molecule has 0 saturated heterocycles. The number of fused-ring (bicyclic) bond motifs is 1. The molecule has 6 heteroatoms. The number of hydrogen-bond donors (Lipinski definition) is 1. The lowest BCUT2D eigenvalue weighted by molar-refractivity contribution is 0.102. The molecule has 1 aliphatic heterocycles. The quantitative estimate of drug-likeness (QED) is 0.938. The van der Waals surface area contributed by atoms with Gasteiger partial charge in [-0.15, -0.1) is 11.3 Å². The van der Waals surface area contributed by atoms with Crippen LogP contribution in [-0.2, 0) is 6.42 Å². The second-order valence-corrected chi connectivity index (χ2v) is 6.10. The Kier molecular flexibility index (Phi) is 4.02. The minimum absolute atomic E-state index is 0.152. The maximum atomic E-state index is 12.4. The maximum absolute atomic E-state index is 12.4. The van der Waals surface area contributed by atoms with E-state index in [1.807, 2.05) is 32.9 Å². The summed E-state index contributed by atoms with van der Waals surface area (Å²) in [6, 6.07) is 3.80. The second kappa shape index (κ2) is 5.96. The molecule has 2 aromatic rings. The van der Waals surface area contributed by atoms with Crippen LogP contribution in [0.25, 0.3) is 0 Å². The summed E-state index contributed by atoms with van der Waals surface area (Å²) in [7, 11) is 0. The summed E-state index contributed by atoms with van der Waals surface area (Å²) < 4.78 is 11.4. The van der Waals surface area contributed by atoms with Gasteiger partial charge < -0.3 is 14.8 Å². The van der Waals surface area contributed by atoms with E-state index in [2.05, 4.69) is 10.3 Å². The highest BCUT2D eigenvalue weighted by molar-refractivity contribution is 7.12. The molecule has 0 saturated carbocycles. The number of carbonyl (C=O) groups excluding carboxylic acids is 1. The average Bonchev–Trinajstić information content (AvgIpc) is 3.04. The SMILES string of the molecule is CCOc1cc2c(cc1NC(=O)c1scnc1C)O[C@@H](C)C2. The van der Waals surface area contributed by atoms with Gasteiger partial charge in [-0.2, -0.15) is 0 Å². The third kappa shape index (κ3) is 2.78. The standard InChI is InChI=1S/C16H18N2O3S/c1-4-20-14-6-11-5-9(2)21-13(11)7-12(14)18-16(19)15-10(3)17-8-22-15/h6-9H,4-5H2,1-3H3,(H,18,19)/t9-/m0/s1. The predicted molar refractivity (Wildman–Crippen MR) is 86.2 cm³/mol. The molecule has 1 aliphatic rings. The average molecular weight is 318 g/mol. The minimum atomic E-state index is -0.174. The number of rotatable bonds is 4. The molecule has 1 atom stereocenters. The van der Waals surface area contributed by atoms with Crippen molar-refractivity contribution in [3.05, 3.63) is 33.8 Å². The zero-order valence-electron chi connectivity index (χ0n) is 12.8. The van der Waals surface area contributed by atoms with Crippen molar-refractivity contribution < 1.29 is 14.3 Å². The van der Waals surface area contributed by atoms with Crippen molar-refractivity contribution >= 4 is 22.9 Å². The Labute approximate surface area is 133 Å². The highest BCUT2D eigenvalue weighted by Gasteiger charge is 2.23. The molecule has 3 rings (SSSR count). The van der Waals surface area contributed by atoms with Crippen LogP contribution in [0.2, 0.25) is 0 Å². The van der Waals surface area contributed by atoms with Crippen molar-refractivity contribution in [2.75, 3.05) is 11.9 Å². The van der Waals surface area contributed by atoms with E-state index in [4.69, 9.17) is 9.47 Å². The molecule has 0 bridgehead atoms. The molecule has 1 N–H and O–H groups in total. The lowest BCUT2D eigenvalue weighted by atomic mass is 10.1. The van der Waals surface area contributed by atoms with Crippen molar-refractivity contribution in [1.29, 1.82) is 0 Å². The topological polar surface area (TPSA) is 60.5 Å². The predicted octanol–water partition coefficient (Wildman–Crippen LogP) is 3.43. The molecular weight excluding hydrogens is 300 g/mol. The first-order valence-corrected chi connectivity index (χ1v) is 8.14. The number of carbonyl (C=O) groups is 1. The highest BCUT2D eigenvalue weighted by Crippen LogP contribution is 2.38. The Morgan fingerprint density at radius 2 is 2.36 bits per heavy atom. The minimum Gasteiger partial charge on any atom is -0.492 e. The zero-order chi connectivity index (χ0) is 15.7. The van der Waals surface area contributed by atoms with Crippen LogP contribution in [0.15, 0.2) is 17.6 Å². The summed E-state index contributed by atoms with van der Waals surface area (Å²) in [4.78, 5) is 17.1. The first kappa shape index (κ1) is 14.8. The van der Waals surface area contributed by atoms with Crippen LogP contribution in [0.3, 0.4) is 0 Å². The number of aromatic nitrogens is 1. The monoisotopic (exact) mass is 318 g/mol. The van der Waals surface area contributed by atoms with Crippen LogP contribution in [0.4, 0.5) is 5.69 Å². The zero-order valence-corrected chi connectivity index (χ0v) is 13.6. The number of amides is 1. The number of aryl methyl sites for hydroxylation is 1. The number of nitrogens with zero attached hydrogens (tertiary/aromatic N) is 1. The van der Waals surface area contributed by atoms with Crippen molar-refractivity contribution in [2.24, 2.45) is 0 Å². The van der Waals surface area contributed by atoms with E-state index in [0.29, 0.717) is 22.9 Å². The van der Waals surface area contributed by atoms with Gasteiger partial charge in [0.1, 0.15) is 22.5 Å². The smallest absolute Gasteiger partial charge is 0.267 e. The fraction of sp³-hybridized carbons (Fsp3) is 0.375. The van der Waals surface area contributed by atoms with Gasteiger partial charge in [-0.05, 0) is 26.8 Å². The molecule has 0 unspecified atom stereocenters. The molecule has 1 aromatic carbocycles. The van der Waals surface area contributed by atoms with Gasteiger partial charge in [0.2, 0.25) is 0 Å². The number of thiazole rings is 1. The van der Waals surface area contributed by atoms with E-state index in [-0.39, 0.29) is 12.0 Å². The van der Waals surface area contributed by atoms with Crippen molar-refractivity contribution in [3.8, 4) is 11.5 Å². The van der Waals surface area contributed by atoms with Crippen molar-refractivity contribution in [2.45, 2.75) is 33.3 Å². The summed E-state index contributed by atoms with van der Waals surface area (Å²) in [6.45, 7) is 6.31. The molecule has 0 radical (unpaired) electrons. The van der Waals surface area contributed by atoms with Gasteiger partial charge in [-0.1, -0.05) is 0 Å². The summed E-state index contributed by atoms with van der Waals surface area (Å²) in [5, 5.41) is 2.91. The van der Waals surface area contributed by atoms with Gasteiger partial charge in [0, 0.05) is 18.1 Å². The normalized spacial score (nSPS) is 16.0. The van der Waals surface area contributed by atoms with Gasteiger partial charge in [0.15, 0.2) is 0 Å². The van der Waals surface area contributed by atoms with E-state index in [1.165, 1.54) is 11.3 Å². The molecule has 22 heavy (non-hydrogen) atoms. The highest BCUT2D eigenvalue weighted by atomic mass is 32.1. The first-order chi connectivity index (χ1) is 10.6. The van der Waals surface area contributed by atoms with Crippen LogP contribution in [-0.4, -0.2) is 23.6 Å². The van der Waals surface area contributed by atoms with Gasteiger partial charge in [0.05, 0.1) is 23.5 Å². The van der Waals surface area contributed by atoms with E-state index in [1.54, 1.807) is 5.51 Å². The van der Waals surface area contributed by atoms with Crippen LogP contribution >= 0.6 is 11.3 Å². The number of hydrogen-bond acceptors (Lipinski definition) is 5. The number of ether oxygens (including phenoxy) is 2. The maximum Gasteiger partial charge on any atom is 0.267 e. The molecule has 0 aliphatic carbocycles. The molecule has 1 amide bonds. The van der Waals surface area contributed by atoms with Crippen LogP contribution in [0, 0.1) is 6.92 Å². The second-order valence-electron chi connectivity index (χ2n) is 5.24. The first-order valence-electron chi connectivity index (χ1n) is 7.26. The molecule has 0 fully saturated rings. The van der Waals surface area contributed by atoms with E-state index in [0.717, 1.165) is 23.4 Å². The summed E-state index contributed by atoms with van der Waals surface area (Å²) in [5.41, 5.74) is 4.14. The van der Waals surface area contributed by atoms with Crippen LogP contribution < -0.4 is 14.8 Å². The summed E-state index contributed by atoms with van der Waals surface area (Å²) in [5.74, 6) is 1.31. The molecule has 116 valence electrons. The Morgan fingerprint density at radius 3 is 3.05 bits per heavy atom. The number of anilines is 1. The van der Waals surface area contributed by atoms with E-state index < -0.39 is 0 Å². The van der Waals surface area contributed by atoms with Crippen molar-refractivity contribution in [1.82, 2.24) is 4.98 Å². The third-order valence-electron chi connectivity index (χ3n) is 3.50. The number of benzene rings is 1. The number of nitrogens with one attached hydrogen (secondary N) is 1. The fourth-order valence-corrected chi connectivity index (χ4v) is 3.21. The Bertz CT molecular complexity index is 711. The van der Waals surface area contributed by atoms with Crippen molar-refractivity contribution in [3.63, 3.8) is 0 Å². The lowest BCUT2D eigenvalue weighted by Crippen LogP contribution is -2.13. The van der Waals surface area contributed by atoms with Gasteiger partial charge in [-0.25, -0.2) is 4.98 Å². The third-order valence-corrected chi connectivity index (χ3v) is 4.43. The van der Waals surface area contributed by atoms with E-state index >= 15 is 0 Å². The van der Waals surface area contributed by atoms with Gasteiger partial charge in [-0.3, -0.25) is 4.79 Å². The summed E-state index contributed by atoms with van der Waals surface area (Å²) in [6.07, 6.45) is 1.01. The Morgan fingerprint density at radius 1 is 1.55 bits per heavy atom. The van der Waals surface area contributed by atoms with Crippen LogP contribution in [0.1, 0.15) is 34.8 Å². The molecule has 2 heterocycles. The lowest BCUT2D eigenvalue weighted by Gasteiger charge is -2.13. The molecular formula is C16H18N2O3S. The largest absolute Gasteiger partial charge is 0.492 e. The Hall–Kier alpha value is -2.08. The molecule has 5 nitrogen and oxygen atoms in total.